The number of aryl methyl sites for hydroxylation is 1. The van der Waals surface area contributed by atoms with Crippen molar-refractivity contribution >= 4 is 0 Å². The molecule has 1 aliphatic heterocycles. The van der Waals surface area contributed by atoms with Crippen molar-refractivity contribution in [3.63, 3.8) is 0 Å². The summed E-state index contributed by atoms with van der Waals surface area (Å²) < 4.78 is 5.20. The Morgan fingerprint density at radius 1 is 1.25 bits per heavy atom. The molecule has 1 aliphatic rings. The lowest BCUT2D eigenvalue weighted by Gasteiger charge is -2.18. The molecule has 2 heterocycles. The molecule has 1 fully saturated rings. The molecule has 2 N–H and O–H groups in total. The van der Waals surface area contributed by atoms with Crippen molar-refractivity contribution < 1.29 is 4.52 Å². The predicted molar refractivity (Wildman–Crippen MR) is 62.9 cm³/mol. The lowest BCUT2D eigenvalue weighted by molar-refractivity contribution is 0.265. The van der Waals surface area contributed by atoms with Crippen LogP contribution in [0.25, 0.3) is 0 Å². The smallest absolute Gasteiger partial charge is 0.138 e. The number of hydrogen-bond donors (Lipinski definition) is 1. The molecular formula is C12H21N3O. The van der Waals surface area contributed by atoms with Crippen LogP contribution >= 0.6 is 0 Å². The molecule has 0 spiro atoms. The van der Waals surface area contributed by atoms with Crippen LogP contribution in [0, 0.1) is 6.92 Å². The van der Waals surface area contributed by atoms with Crippen molar-refractivity contribution in [1.29, 1.82) is 0 Å². The second-order valence-electron chi connectivity index (χ2n) is 4.56. The van der Waals surface area contributed by atoms with Crippen LogP contribution in [-0.4, -0.2) is 23.1 Å². The van der Waals surface area contributed by atoms with Gasteiger partial charge in [0.2, 0.25) is 0 Å². The van der Waals surface area contributed by atoms with Crippen LogP contribution in [0.5, 0.6) is 0 Å². The molecule has 0 amide bonds. The Hall–Kier alpha value is -0.870. The van der Waals surface area contributed by atoms with E-state index in [9.17, 15) is 0 Å². The molecule has 1 saturated heterocycles. The van der Waals surface area contributed by atoms with Gasteiger partial charge in [0.15, 0.2) is 0 Å². The van der Waals surface area contributed by atoms with Crippen molar-refractivity contribution in [3.8, 4) is 0 Å². The summed E-state index contributed by atoms with van der Waals surface area (Å²) in [5.74, 6) is 0.868. The van der Waals surface area contributed by atoms with Gasteiger partial charge in [0, 0.05) is 18.7 Å². The first-order valence-electron chi connectivity index (χ1n) is 6.17. The van der Waals surface area contributed by atoms with E-state index in [1.807, 2.05) is 6.92 Å². The van der Waals surface area contributed by atoms with E-state index in [2.05, 4.69) is 10.1 Å². The second kappa shape index (κ2) is 5.46. The minimum Gasteiger partial charge on any atom is -0.361 e. The fraction of sp³-hybridized carbons (Fsp3) is 0.750. The first-order valence-corrected chi connectivity index (χ1v) is 6.17. The van der Waals surface area contributed by atoms with Gasteiger partial charge in [-0.3, -0.25) is 4.90 Å². The Morgan fingerprint density at radius 3 is 2.56 bits per heavy atom. The first kappa shape index (κ1) is 11.6. The van der Waals surface area contributed by atoms with E-state index in [-0.39, 0.29) is 0 Å². The van der Waals surface area contributed by atoms with Crippen LogP contribution < -0.4 is 5.73 Å². The third kappa shape index (κ3) is 2.62. The molecule has 0 aliphatic carbocycles. The SMILES string of the molecule is Cc1onc(CN2CCCCCC2)c1CN. The maximum absolute atomic E-state index is 5.71. The second-order valence-corrected chi connectivity index (χ2v) is 4.56. The van der Waals surface area contributed by atoms with E-state index in [1.54, 1.807) is 0 Å². The fourth-order valence-corrected chi connectivity index (χ4v) is 2.33. The Balaban J connectivity index is 2.01. The van der Waals surface area contributed by atoms with Crippen LogP contribution in [0.1, 0.15) is 42.7 Å². The zero-order valence-corrected chi connectivity index (χ0v) is 10.0. The van der Waals surface area contributed by atoms with Gasteiger partial charge < -0.3 is 10.3 Å². The lowest BCUT2D eigenvalue weighted by atomic mass is 10.2. The van der Waals surface area contributed by atoms with E-state index < -0.39 is 0 Å². The van der Waals surface area contributed by atoms with Crippen molar-refractivity contribution in [1.82, 2.24) is 10.1 Å². The molecule has 2 rings (SSSR count). The zero-order chi connectivity index (χ0) is 11.4. The molecule has 1 aromatic heterocycles. The summed E-state index contributed by atoms with van der Waals surface area (Å²) in [6, 6.07) is 0. The quantitative estimate of drug-likeness (QED) is 0.849. The van der Waals surface area contributed by atoms with Gasteiger partial charge in [-0.1, -0.05) is 18.0 Å². The summed E-state index contributed by atoms with van der Waals surface area (Å²) in [5, 5.41) is 4.11. The van der Waals surface area contributed by atoms with Crippen molar-refractivity contribution in [2.24, 2.45) is 5.73 Å². The Labute approximate surface area is 96.8 Å². The topological polar surface area (TPSA) is 55.3 Å². The zero-order valence-electron chi connectivity index (χ0n) is 10.0. The highest BCUT2D eigenvalue weighted by Crippen LogP contribution is 2.17. The van der Waals surface area contributed by atoms with E-state index in [1.165, 1.54) is 38.8 Å². The maximum atomic E-state index is 5.71. The third-order valence-electron chi connectivity index (χ3n) is 3.34. The number of nitrogens with zero attached hydrogens (tertiary/aromatic N) is 2. The lowest BCUT2D eigenvalue weighted by Crippen LogP contribution is -2.25. The van der Waals surface area contributed by atoms with Crippen LogP contribution in [0.4, 0.5) is 0 Å². The third-order valence-corrected chi connectivity index (χ3v) is 3.34. The number of nitrogens with two attached hydrogens (primary N) is 1. The van der Waals surface area contributed by atoms with Crippen LogP contribution in [0.15, 0.2) is 4.52 Å². The molecule has 0 unspecified atom stereocenters. The molecule has 0 bridgehead atoms. The normalized spacial score (nSPS) is 18.6. The molecule has 0 saturated carbocycles. The number of rotatable bonds is 3. The maximum Gasteiger partial charge on any atom is 0.138 e. The summed E-state index contributed by atoms with van der Waals surface area (Å²) in [4.78, 5) is 2.46. The van der Waals surface area contributed by atoms with E-state index >= 15 is 0 Å². The van der Waals surface area contributed by atoms with Crippen molar-refractivity contribution in [3.05, 3.63) is 17.0 Å². The summed E-state index contributed by atoms with van der Waals surface area (Å²) in [7, 11) is 0. The van der Waals surface area contributed by atoms with Gasteiger partial charge in [-0.15, -0.1) is 0 Å². The minimum atomic E-state index is 0.526. The number of hydrogen-bond acceptors (Lipinski definition) is 4. The molecular weight excluding hydrogens is 202 g/mol. The summed E-state index contributed by atoms with van der Waals surface area (Å²) in [6.45, 7) is 5.70. The Morgan fingerprint density at radius 2 is 1.94 bits per heavy atom. The van der Waals surface area contributed by atoms with E-state index in [0.717, 1.165) is 23.6 Å². The van der Waals surface area contributed by atoms with Crippen LogP contribution in [0.3, 0.4) is 0 Å². The molecule has 90 valence electrons. The fourth-order valence-electron chi connectivity index (χ4n) is 2.33. The molecule has 0 atom stereocenters. The van der Waals surface area contributed by atoms with Crippen molar-refractivity contribution in [2.75, 3.05) is 13.1 Å². The van der Waals surface area contributed by atoms with E-state index in [0.29, 0.717) is 6.54 Å². The molecule has 0 radical (unpaired) electrons. The van der Waals surface area contributed by atoms with E-state index in [4.69, 9.17) is 10.3 Å². The number of aromatic nitrogens is 1. The molecule has 1 aromatic rings. The summed E-state index contributed by atoms with van der Waals surface area (Å²) >= 11 is 0. The highest BCUT2D eigenvalue weighted by Gasteiger charge is 2.16. The molecule has 16 heavy (non-hydrogen) atoms. The number of likely N-dealkylation sites (tertiary alicyclic amines) is 1. The van der Waals surface area contributed by atoms with Gasteiger partial charge in [0.1, 0.15) is 11.5 Å². The van der Waals surface area contributed by atoms with Crippen molar-refractivity contribution in [2.45, 2.75) is 45.7 Å². The van der Waals surface area contributed by atoms with Gasteiger partial charge in [-0.25, -0.2) is 0 Å². The standard InChI is InChI=1S/C12H21N3O/c1-10-11(8-13)12(14-16-10)9-15-6-4-2-3-5-7-15/h2-9,13H2,1H3. The van der Waals surface area contributed by atoms with Gasteiger partial charge in [-0.2, -0.15) is 0 Å². The average molecular weight is 223 g/mol. The monoisotopic (exact) mass is 223 g/mol. The van der Waals surface area contributed by atoms with Gasteiger partial charge in [0.25, 0.3) is 0 Å². The van der Waals surface area contributed by atoms with Crippen LogP contribution in [-0.2, 0) is 13.1 Å². The van der Waals surface area contributed by atoms with Crippen LogP contribution in [0.2, 0.25) is 0 Å². The highest BCUT2D eigenvalue weighted by atomic mass is 16.5. The molecule has 0 aromatic carbocycles. The first-order chi connectivity index (χ1) is 7.81. The predicted octanol–water partition coefficient (Wildman–Crippen LogP) is 1.82. The average Bonchev–Trinajstić information content (AvgIpc) is 2.51. The van der Waals surface area contributed by atoms with Gasteiger partial charge >= 0.3 is 0 Å². The molecule has 4 heteroatoms. The molecule has 4 nitrogen and oxygen atoms in total. The minimum absolute atomic E-state index is 0.526. The Kier molecular flexibility index (Phi) is 3.96. The van der Waals surface area contributed by atoms with Gasteiger partial charge in [-0.05, 0) is 32.9 Å². The Bertz CT molecular complexity index is 327. The largest absolute Gasteiger partial charge is 0.361 e. The highest BCUT2D eigenvalue weighted by molar-refractivity contribution is 5.21. The van der Waals surface area contributed by atoms with Gasteiger partial charge in [0.05, 0.1) is 0 Å². The summed E-state index contributed by atoms with van der Waals surface area (Å²) in [6.07, 6.45) is 5.32. The summed E-state index contributed by atoms with van der Waals surface area (Å²) in [5.41, 5.74) is 7.83.